The second kappa shape index (κ2) is 6.63. The van der Waals surface area contributed by atoms with Crippen LogP contribution in [0.1, 0.15) is 72.1 Å². The molecule has 0 aromatic heterocycles. The van der Waals surface area contributed by atoms with E-state index in [4.69, 9.17) is 0 Å². The van der Waals surface area contributed by atoms with Crippen LogP contribution in [0.3, 0.4) is 0 Å². The molecule has 2 rings (SSSR count). The number of piperidine rings is 1. The minimum absolute atomic E-state index is 0.660. The van der Waals surface area contributed by atoms with E-state index < -0.39 is 0 Å². The van der Waals surface area contributed by atoms with Gasteiger partial charge in [0.15, 0.2) is 0 Å². The normalized spacial score (nSPS) is 23.0. The minimum Gasteiger partial charge on any atom is -0.372 e. The molecule has 1 aliphatic carbocycles. The van der Waals surface area contributed by atoms with Crippen LogP contribution in [0.5, 0.6) is 0 Å². The monoisotopic (exact) mass is 261 g/mol. The van der Waals surface area contributed by atoms with Crippen molar-refractivity contribution in [3.8, 4) is 0 Å². The van der Waals surface area contributed by atoms with Crippen molar-refractivity contribution in [3.05, 3.63) is 23.4 Å². The van der Waals surface area contributed by atoms with Gasteiger partial charge in [0.2, 0.25) is 0 Å². The van der Waals surface area contributed by atoms with Crippen LogP contribution in [0.4, 0.5) is 0 Å². The summed E-state index contributed by atoms with van der Waals surface area (Å²) in [7, 11) is 0. The highest BCUT2D eigenvalue weighted by Crippen LogP contribution is 2.41. The first-order chi connectivity index (χ1) is 9.21. The van der Waals surface area contributed by atoms with Gasteiger partial charge < -0.3 is 4.90 Å². The van der Waals surface area contributed by atoms with Crippen molar-refractivity contribution in [2.45, 2.75) is 72.1 Å². The van der Waals surface area contributed by atoms with Gasteiger partial charge >= 0.3 is 0 Å². The smallest absolute Gasteiger partial charge is 0.0352 e. The van der Waals surface area contributed by atoms with E-state index in [0.29, 0.717) is 5.41 Å². The van der Waals surface area contributed by atoms with E-state index in [2.05, 4.69) is 37.8 Å². The molecule has 0 atom stereocenters. The van der Waals surface area contributed by atoms with E-state index >= 15 is 0 Å². The quantitative estimate of drug-likeness (QED) is 0.649. The first-order valence-corrected chi connectivity index (χ1v) is 8.33. The van der Waals surface area contributed by atoms with Crippen LogP contribution in [0.2, 0.25) is 0 Å². The number of rotatable bonds is 5. The van der Waals surface area contributed by atoms with E-state index in [1.54, 1.807) is 0 Å². The molecule has 0 bridgehead atoms. The van der Waals surface area contributed by atoms with Crippen molar-refractivity contribution < 1.29 is 0 Å². The average Bonchev–Trinajstić information content (AvgIpc) is 2.41. The molecular formula is C18H31N. The summed E-state index contributed by atoms with van der Waals surface area (Å²) in [5.41, 5.74) is 3.70. The van der Waals surface area contributed by atoms with Gasteiger partial charge in [-0.1, -0.05) is 38.8 Å². The number of nitrogens with zero attached hydrogens (tertiary/aromatic N) is 1. The zero-order valence-electron chi connectivity index (χ0n) is 13.2. The molecule has 0 saturated carbocycles. The molecular weight excluding hydrogens is 230 g/mol. The lowest BCUT2D eigenvalue weighted by Crippen LogP contribution is -2.40. The number of hydrogen-bond donors (Lipinski definition) is 0. The maximum atomic E-state index is 2.65. The molecule has 0 radical (unpaired) electrons. The summed E-state index contributed by atoms with van der Waals surface area (Å²) in [5.74, 6) is 0. The molecule has 1 nitrogen and oxygen atoms in total. The Bertz CT molecular complexity index is 335. The van der Waals surface area contributed by atoms with E-state index in [9.17, 15) is 0 Å². The summed E-state index contributed by atoms with van der Waals surface area (Å²) in [6.07, 6.45) is 15.7. The zero-order chi connectivity index (χ0) is 13.7. The molecule has 1 saturated heterocycles. The first-order valence-electron chi connectivity index (χ1n) is 8.33. The van der Waals surface area contributed by atoms with E-state index in [-0.39, 0.29) is 0 Å². The fourth-order valence-corrected chi connectivity index (χ4v) is 4.07. The first kappa shape index (κ1) is 14.7. The molecule has 1 heterocycles. The molecule has 0 amide bonds. The van der Waals surface area contributed by atoms with E-state index in [0.717, 1.165) is 0 Å². The highest BCUT2D eigenvalue weighted by Gasteiger charge is 2.33. The Hall–Kier alpha value is -0.720. The van der Waals surface area contributed by atoms with Gasteiger partial charge in [0.1, 0.15) is 0 Å². The number of hydrogen-bond acceptors (Lipinski definition) is 1. The maximum absolute atomic E-state index is 2.65. The minimum atomic E-state index is 0.660. The van der Waals surface area contributed by atoms with Crippen molar-refractivity contribution in [1.82, 2.24) is 4.90 Å². The summed E-state index contributed by atoms with van der Waals surface area (Å²) in [6, 6.07) is 0. The SMILES string of the molecule is CCCC1(CCC)CCN(C2=CCCC=C2C)CC1. The van der Waals surface area contributed by atoms with Crippen LogP contribution < -0.4 is 0 Å². The molecule has 0 N–H and O–H groups in total. The van der Waals surface area contributed by atoms with Gasteiger partial charge in [0.05, 0.1) is 0 Å². The molecule has 19 heavy (non-hydrogen) atoms. The predicted octanol–water partition coefficient (Wildman–Crippen LogP) is 5.29. The Morgan fingerprint density at radius 1 is 1.00 bits per heavy atom. The zero-order valence-corrected chi connectivity index (χ0v) is 13.2. The van der Waals surface area contributed by atoms with Gasteiger partial charge in [-0.15, -0.1) is 0 Å². The highest BCUT2D eigenvalue weighted by molar-refractivity contribution is 5.31. The Labute approximate surface area is 119 Å². The van der Waals surface area contributed by atoms with Crippen molar-refractivity contribution in [1.29, 1.82) is 0 Å². The predicted molar refractivity (Wildman–Crippen MR) is 84.1 cm³/mol. The highest BCUT2D eigenvalue weighted by atomic mass is 15.1. The fraction of sp³-hybridized carbons (Fsp3) is 0.778. The lowest BCUT2D eigenvalue weighted by atomic mass is 9.71. The largest absolute Gasteiger partial charge is 0.372 e. The van der Waals surface area contributed by atoms with Crippen LogP contribution >= 0.6 is 0 Å². The van der Waals surface area contributed by atoms with Crippen LogP contribution in [0, 0.1) is 5.41 Å². The third kappa shape index (κ3) is 3.43. The van der Waals surface area contributed by atoms with Crippen LogP contribution in [0.25, 0.3) is 0 Å². The average molecular weight is 261 g/mol. The maximum Gasteiger partial charge on any atom is 0.0352 e. The van der Waals surface area contributed by atoms with E-state index in [1.807, 2.05) is 0 Å². The number of likely N-dealkylation sites (tertiary alicyclic amines) is 1. The Morgan fingerprint density at radius 2 is 1.58 bits per heavy atom. The molecule has 0 aromatic rings. The summed E-state index contributed by atoms with van der Waals surface area (Å²) in [5, 5.41) is 0. The van der Waals surface area contributed by atoms with E-state index in [1.165, 1.54) is 75.7 Å². The Balaban J connectivity index is 1.97. The van der Waals surface area contributed by atoms with Gasteiger partial charge in [-0.3, -0.25) is 0 Å². The summed E-state index contributed by atoms with van der Waals surface area (Å²) < 4.78 is 0. The van der Waals surface area contributed by atoms with Crippen molar-refractivity contribution in [3.63, 3.8) is 0 Å². The summed E-state index contributed by atoms with van der Waals surface area (Å²) in [4.78, 5) is 2.65. The van der Waals surface area contributed by atoms with Crippen LogP contribution in [0.15, 0.2) is 23.4 Å². The van der Waals surface area contributed by atoms with Crippen LogP contribution in [-0.2, 0) is 0 Å². The second-order valence-electron chi connectivity index (χ2n) is 6.54. The van der Waals surface area contributed by atoms with Crippen molar-refractivity contribution in [2.24, 2.45) is 5.41 Å². The standard InChI is InChI=1S/C18H31N/c1-4-10-18(11-5-2)12-14-19(15-13-18)17-9-7-6-8-16(17)3/h8-9H,4-7,10-15H2,1-3H3. The Kier molecular flexibility index (Phi) is 5.13. The fourth-order valence-electron chi connectivity index (χ4n) is 4.07. The van der Waals surface area contributed by atoms with Gasteiger partial charge in [-0.25, -0.2) is 0 Å². The second-order valence-corrected chi connectivity index (χ2v) is 6.54. The van der Waals surface area contributed by atoms with Gasteiger partial charge in [0.25, 0.3) is 0 Å². The molecule has 0 spiro atoms. The molecule has 108 valence electrons. The van der Waals surface area contributed by atoms with Crippen LogP contribution in [-0.4, -0.2) is 18.0 Å². The van der Waals surface area contributed by atoms with Crippen molar-refractivity contribution in [2.75, 3.05) is 13.1 Å². The number of allylic oxidation sites excluding steroid dienone is 3. The lowest BCUT2D eigenvalue weighted by molar-refractivity contribution is 0.105. The topological polar surface area (TPSA) is 3.24 Å². The van der Waals surface area contributed by atoms with Gasteiger partial charge in [-0.05, 0) is 56.4 Å². The molecule has 1 aliphatic heterocycles. The molecule has 2 aliphatic rings. The molecule has 1 fully saturated rings. The lowest BCUT2D eigenvalue weighted by Gasteiger charge is -2.44. The molecule has 0 unspecified atom stereocenters. The Morgan fingerprint density at radius 3 is 2.11 bits per heavy atom. The molecule has 0 aromatic carbocycles. The van der Waals surface area contributed by atoms with Crippen molar-refractivity contribution >= 4 is 0 Å². The third-order valence-electron chi connectivity index (χ3n) is 5.08. The third-order valence-corrected chi connectivity index (χ3v) is 5.08. The van der Waals surface area contributed by atoms with Gasteiger partial charge in [0, 0.05) is 18.8 Å². The van der Waals surface area contributed by atoms with Gasteiger partial charge in [-0.2, -0.15) is 0 Å². The molecule has 1 heteroatoms. The summed E-state index contributed by atoms with van der Waals surface area (Å²) >= 11 is 0. The summed E-state index contributed by atoms with van der Waals surface area (Å²) in [6.45, 7) is 9.53.